The number of hydrogen-bond donors (Lipinski definition) is 1. The summed E-state index contributed by atoms with van der Waals surface area (Å²) in [5.41, 5.74) is 1.16. The van der Waals surface area contributed by atoms with Crippen LogP contribution in [0.3, 0.4) is 0 Å². The lowest BCUT2D eigenvalue weighted by Gasteiger charge is -2.43. The van der Waals surface area contributed by atoms with Crippen molar-refractivity contribution in [2.75, 3.05) is 39.3 Å². The van der Waals surface area contributed by atoms with Gasteiger partial charge in [-0.25, -0.2) is 0 Å². The van der Waals surface area contributed by atoms with Crippen molar-refractivity contribution in [3.05, 3.63) is 18.0 Å². The highest BCUT2D eigenvalue weighted by atomic mass is 16.2. The Morgan fingerprint density at radius 2 is 2.17 bits per heavy atom. The number of carbonyl (C=O) groups excluding carboxylic acids is 1. The molecule has 24 heavy (non-hydrogen) atoms. The van der Waals surface area contributed by atoms with Crippen molar-refractivity contribution in [1.82, 2.24) is 24.9 Å². The summed E-state index contributed by atoms with van der Waals surface area (Å²) in [6, 6.07) is 0. The first-order chi connectivity index (χ1) is 11.7. The van der Waals surface area contributed by atoms with E-state index < -0.39 is 0 Å². The summed E-state index contributed by atoms with van der Waals surface area (Å²) in [6.07, 6.45) is 8.82. The third-order valence-electron chi connectivity index (χ3n) is 6.29. The minimum absolute atomic E-state index is 0.0935. The molecule has 6 nitrogen and oxygen atoms in total. The maximum absolute atomic E-state index is 13.3. The van der Waals surface area contributed by atoms with Crippen LogP contribution >= 0.6 is 0 Å². The van der Waals surface area contributed by atoms with E-state index in [1.165, 1.54) is 24.8 Å². The second-order valence-corrected chi connectivity index (χ2v) is 7.82. The first kappa shape index (κ1) is 16.1. The van der Waals surface area contributed by atoms with E-state index in [1.54, 1.807) is 0 Å². The molecule has 1 aromatic heterocycles. The van der Waals surface area contributed by atoms with Crippen molar-refractivity contribution in [3.63, 3.8) is 0 Å². The zero-order valence-corrected chi connectivity index (χ0v) is 14.7. The quantitative estimate of drug-likeness (QED) is 0.892. The molecule has 2 saturated heterocycles. The van der Waals surface area contributed by atoms with Gasteiger partial charge >= 0.3 is 0 Å². The van der Waals surface area contributed by atoms with Crippen LogP contribution in [0.2, 0.25) is 0 Å². The molecule has 1 aromatic rings. The van der Waals surface area contributed by atoms with Crippen molar-refractivity contribution in [2.45, 2.75) is 32.2 Å². The lowest BCUT2D eigenvalue weighted by molar-refractivity contribution is -0.147. The molecule has 2 atom stereocenters. The zero-order valence-electron chi connectivity index (χ0n) is 14.7. The summed E-state index contributed by atoms with van der Waals surface area (Å²) in [5, 5.41) is 7.74. The van der Waals surface area contributed by atoms with Gasteiger partial charge in [0.05, 0.1) is 11.6 Å². The van der Waals surface area contributed by atoms with Gasteiger partial charge in [-0.15, -0.1) is 0 Å². The van der Waals surface area contributed by atoms with E-state index in [4.69, 9.17) is 0 Å². The van der Waals surface area contributed by atoms with E-state index in [-0.39, 0.29) is 5.41 Å². The molecule has 0 bridgehead atoms. The van der Waals surface area contributed by atoms with E-state index in [1.807, 2.05) is 17.9 Å². The number of nitrogens with zero attached hydrogens (tertiary/aromatic N) is 4. The van der Waals surface area contributed by atoms with Crippen molar-refractivity contribution in [2.24, 2.45) is 18.4 Å². The minimum Gasteiger partial charge on any atom is -0.340 e. The Hall–Kier alpha value is -1.40. The molecule has 4 rings (SSSR count). The normalized spacial score (nSPS) is 31.2. The van der Waals surface area contributed by atoms with Crippen LogP contribution < -0.4 is 5.32 Å². The summed E-state index contributed by atoms with van der Waals surface area (Å²) in [7, 11) is 1.95. The second kappa shape index (κ2) is 6.48. The summed E-state index contributed by atoms with van der Waals surface area (Å²) in [4.78, 5) is 17.9. The molecule has 1 saturated carbocycles. The molecule has 3 aliphatic rings. The number of carbonyl (C=O) groups is 1. The van der Waals surface area contributed by atoms with Crippen molar-refractivity contribution < 1.29 is 4.79 Å². The Morgan fingerprint density at radius 1 is 1.33 bits per heavy atom. The third-order valence-corrected chi connectivity index (χ3v) is 6.29. The Morgan fingerprint density at radius 3 is 2.92 bits per heavy atom. The highest BCUT2D eigenvalue weighted by Crippen LogP contribution is 2.45. The van der Waals surface area contributed by atoms with Gasteiger partial charge in [0.25, 0.3) is 0 Å². The van der Waals surface area contributed by atoms with Crippen molar-refractivity contribution in [3.8, 4) is 0 Å². The van der Waals surface area contributed by atoms with Crippen LogP contribution in [-0.4, -0.2) is 64.8 Å². The molecule has 6 heteroatoms. The fourth-order valence-corrected chi connectivity index (χ4v) is 4.90. The third kappa shape index (κ3) is 2.86. The maximum Gasteiger partial charge on any atom is 0.230 e. The predicted molar refractivity (Wildman–Crippen MR) is 92.3 cm³/mol. The maximum atomic E-state index is 13.3. The van der Waals surface area contributed by atoms with Gasteiger partial charge in [-0.05, 0) is 25.3 Å². The average molecular weight is 331 g/mol. The highest BCUT2D eigenvalue weighted by molar-refractivity contribution is 5.84. The number of rotatable bonds is 3. The topological polar surface area (TPSA) is 53.4 Å². The van der Waals surface area contributed by atoms with Crippen LogP contribution in [0.5, 0.6) is 0 Å². The van der Waals surface area contributed by atoms with Gasteiger partial charge in [0.1, 0.15) is 0 Å². The molecule has 1 aliphatic carbocycles. The van der Waals surface area contributed by atoms with Gasteiger partial charge in [-0.1, -0.05) is 12.8 Å². The largest absolute Gasteiger partial charge is 0.340 e. The molecular weight excluding hydrogens is 302 g/mol. The fraction of sp³-hybridized carbons (Fsp3) is 0.778. The van der Waals surface area contributed by atoms with E-state index in [0.717, 1.165) is 52.2 Å². The molecule has 132 valence electrons. The molecular formula is C18H29N5O. The van der Waals surface area contributed by atoms with Crippen LogP contribution in [0.1, 0.15) is 31.2 Å². The first-order valence-electron chi connectivity index (χ1n) is 9.37. The van der Waals surface area contributed by atoms with Gasteiger partial charge in [-0.2, -0.15) is 5.10 Å². The predicted octanol–water partition coefficient (Wildman–Crippen LogP) is 0.844. The molecule has 0 unspecified atom stereocenters. The molecule has 3 fully saturated rings. The number of nitrogens with one attached hydrogen (secondary N) is 1. The van der Waals surface area contributed by atoms with Gasteiger partial charge in [0, 0.05) is 58.1 Å². The van der Waals surface area contributed by atoms with E-state index in [0.29, 0.717) is 11.8 Å². The molecule has 0 spiro atoms. The Labute approximate surface area is 144 Å². The smallest absolute Gasteiger partial charge is 0.230 e. The molecule has 0 aromatic carbocycles. The van der Waals surface area contributed by atoms with Crippen LogP contribution in [0.15, 0.2) is 12.4 Å². The number of hydrogen-bond acceptors (Lipinski definition) is 4. The van der Waals surface area contributed by atoms with Crippen molar-refractivity contribution >= 4 is 5.91 Å². The second-order valence-electron chi connectivity index (χ2n) is 7.82. The number of amides is 1. The lowest BCUT2D eigenvalue weighted by Crippen LogP contribution is -2.55. The molecule has 1 N–H and O–H groups in total. The molecule has 1 amide bonds. The van der Waals surface area contributed by atoms with Crippen LogP contribution in [0.4, 0.5) is 0 Å². The van der Waals surface area contributed by atoms with Crippen molar-refractivity contribution in [1.29, 1.82) is 0 Å². The molecule has 0 radical (unpaired) electrons. The lowest BCUT2D eigenvalue weighted by atomic mass is 9.67. The SMILES string of the molecule is Cn1cc(CN2CCN(C(=O)[C@@]34CCCC[C@H]3CNC4)CC2)cn1. The zero-order chi connectivity index (χ0) is 16.6. The summed E-state index contributed by atoms with van der Waals surface area (Å²) >= 11 is 0. The van der Waals surface area contributed by atoms with E-state index in [9.17, 15) is 4.79 Å². The van der Waals surface area contributed by atoms with Crippen LogP contribution in [0, 0.1) is 11.3 Å². The van der Waals surface area contributed by atoms with Gasteiger partial charge in [0.2, 0.25) is 5.91 Å². The Bertz CT molecular complexity index is 592. The minimum atomic E-state index is -0.0935. The number of fused-ring (bicyclic) bond motifs is 1. The van der Waals surface area contributed by atoms with Crippen LogP contribution in [-0.2, 0) is 18.4 Å². The summed E-state index contributed by atoms with van der Waals surface area (Å²) in [6.45, 7) is 6.54. The monoisotopic (exact) mass is 331 g/mol. The van der Waals surface area contributed by atoms with Gasteiger partial charge in [-0.3, -0.25) is 14.4 Å². The summed E-state index contributed by atoms with van der Waals surface area (Å²) < 4.78 is 1.85. The summed E-state index contributed by atoms with van der Waals surface area (Å²) in [5.74, 6) is 0.991. The van der Waals surface area contributed by atoms with E-state index in [2.05, 4.69) is 26.4 Å². The van der Waals surface area contributed by atoms with Gasteiger partial charge in [0.15, 0.2) is 0 Å². The molecule has 2 aliphatic heterocycles. The number of aromatic nitrogens is 2. The average Bonchev–Trinajstić information content (AvgIpc) is 3.21. The molecule has 3 heterocycles. The number of aryl methyl sites for hydroxylation is 1. The first-order valence-corrected chi connectivity index (χ1v) is 9.37. The Balaban J connectivity index is 1.36. The van der Waals surface area contributed by atoms with E-state index >= 15 is 0 Å². The van der Waals surface area contributed by atoms with Gasteiger partial charge < -0.3 is 10.2 Å². The number of piperazine rings is 1. The standard InChI is InChI=1S/C18H29N5O/c1-21-12-15(10-20-21)13-22-6-8-23(9-7-22)17(24)18-5-3-2-4-16(18)11-19-14-18/h10,12,16,19H,2-9,11,13-14H2,1H3/t16-,18+/m0/s1. The Kier molecular flexibility index (Phi) is 4.35. The fourth-order valence-electron chi connectivity index (χ4n) is 4.90. The van der Waals surface area contributed by atoms with Crippen LogP contribution in [0.25, 0.3) is 0 Å². The highest BCUT2D eigenvalue weighted by Gasteiger charge is 2.51.